The van der Waals surface area contributed by atoms with Crippen LogP contribution in [0.5, 0.6) is 5.75 Å². The zero-order valence-corrected chi connectivity index (χ0v) is 13.9. The number of benzene rings is 2. The van der Waals surface area contributed by atoms with Crippen LogP contribution < -0.4 is 20.3 Å². The Labute approximate surface area is 142 Å². The normalized spacial score (nSPS) is 14.1. The van der Waals surface area contributed by atoms with Crippen LogP contribution in [0.4, 0.5) is 11.4 Å². The van der Waals surface area contributed by atoms with Crippen molar-refractivity contribution in [2.75, 3.05) is 43.5 Å². The van der Waals surface area contributed by atoms with E-state index in [1.807, 2.05) is 36.4 Å². The van der Waals surface area contributed by atoms with Crippen molar-refractivity contribution >= 4 is 11.4 Å². The zero-order valence-electron chi connectivity index (χ0n) is 13.9. The molecule has 1 heterocycles. The summed E-state index contributed by atoms with van der Waals surface area (Å²) >= 11 is 0. The third kappa shape index (κ3) is 3.79. The Morgan fingerprint density at radius 1 is 1.17 bits per heavy atom. The van der Waals surface area contributed by atoms with Gasteiger partial charge in [0.2, 0.25) is 0 Å². The highest BCUT2D eigenvalue weighted by Gasteiger charge is 2.12. The van der Waals surface area contributed by atoms with Gasteiger partial charge in [-0.15, -0.1) is 0 Å². The lowest BCUT2D eigenvalue weighted by Crippen LogP contribution is -2.43. The predicted octanol–water partition coefficient (Wildman–Crippen LogP) is 2.59. The molecule has 1 saturated heterocycles. The minimum atomic E-state index is 0.620. The maximum absolute atomic E-state index is 9.37. The summed E-state index contributed by atoms with van der Waals surface area (Å²) in [5, 5.41) is 16.1. The molecule has 1 aliphatic heterocycles. The summed E-state index contributed by atoms with van der Waals surface area (Å²) in [6.45, 7) is 4.61. The van der Waals surface area contributed by atoms with Gasteiger partial charge in [0.15, 0.2) is 0 Å². The van der Waals surface area contributed by atoms with E-state index < -0.39 is 0 Å². The first-order valence-corrected chi connectivity index (χ1v) is 8.17. The van der Waals surface area contributed by atoms with Crippen LogP contribution in [0.3, 0.4) is 0 Å². The molecule has 1 fully saturated rings. The lowest BCUT2D eigenvalue weighted by Gasteiger charge is -2.30. The van der Waals surface area contributed by atoms with Gasteiger partial charge in [0, 0.05) is 44.1 Å². The number of nitrogens with one attached hydrogen (secondary N) is 2. The van der Waals surface area contributed by atoms with Crippen LogP contribution in [0.25, 0.3) is 0 Å². The molecule has 0 unspecified atom stereocenters. The molecule has 0 atom stereocenters. The Kier molecular flexibility index (Phi) is 5.19. The lowest BCUT2D eigenvalue weighted by molar-refractivity contribution is 0.415. The van der Waals surface area contributed by atoms with E-state index in [0.717, 1.165) is 48.7 Å². The highest BCUT2D eigenvalue weighted by atomic mass is 16.5. The van der Waals surface area contributed by atoms with Crippen molar-refractivity contribution in [3.8, 4) is 11.8 Å². The van der Waals surface area contributed by atoms with Gasteiger partial charge in [-0.2, -0.15) is 5.26 Å². The fourth-order valence-corrected chi connectivity index (χ4v) is 2.86. The van der Waals surface area contributed by atoms with E-state index in [9.17, 15) is 5.26 Å². The Hall–Kier alpha value is -2.71. The first kappa shape index (κ1) is 16.2. The lowest BCUT2D eigenvalue weighted by atomic mass is 10.1. The fraction of sp³-hybridized carbons (Fsp3) is 0.316. The zero-order chi connectivity index (χ0) is 16.8. The summed E-state index contributed by atoms with van der Waals surface area (Å²) in [6, 6.07) is 16.2. The fourth-order valence-electron chi connectivity index (χ4n) is 2.86. The second-order valence-electron chi connectivity index (χ2n) is 5.77. The highest BCUT2D eigenvalue weighted by Crippen LogP contribution is 2.22. The summed E-state index contributed by atoms with van der Waals surface area (Å²) in [5.74, 6) is 0.832. The summed E-state index contributed by atoms with van der Waals surface area (Å²) in [5.41, 5.74) is 3.92. The van der Waals surface area contributed by atoms with Crippen molar-refractivity contribution in [1.82, 2.24) is 5.32 Å². The van der Waals surface area contributed by atoms with Crippen molar-refractivity contribution in [1.29, 1.82) is 5.26 Å². The van der Waals surface area contributed by atoms with E-state index in [2.05, 4.69) is 27.7 Å². The van der Waals surface area contributed by atoms with Crippen LogP contribution in [0, 0.1) is 11.3 Å². The minimum absolute atomic E-state index is 0.620. The Bertz CT molecular complexity index is 715. The number of methoxy groups -OCH3 is 1. The second kappa shape index (κ2) is 7.71. The van der Waals surface area contributed by atoms with Gasteiger partial charge in [-0.05, 0) is 48.0 Å². The summed E-state index contributed by atoms with van der Waals surface area (Å²) < 4.78 is 5.17. The number of hydrogen-bond acceptors (Lipinski definition) is 5. The van der Waals surface area contributed by atoms with E-state index in [-0.39, 0.29) is 0 Å². The molecular weight excluding hydrogens is 300 g/mol. The van der Waals surface area contributed by atoms with E-state index in [4.69, 9.17) is 4.74 Å². The van der Waals surface area contributed by atoms with Crippen molar-refractivity contribution in [2.24, 2.45) is 0 Å². The van der Waals surface area contributed by atoms with E-state index in [1.54, 1.807) is 7.11 Å². The maximum Gasteiger partial charge on any atom is 0.119 e. The van der Waals surface area contributed by atoms with E-state index >= 15 is 0 Å². The number of hydrogen-bond donors (Lipinski definition) is 2. The molecule has 5 nitrogen and oxygen atoms in total. The Morgan fingerprint density at radius 2 is 1.92 bits per heavy atom. The highest BCUT2D eigenvalue weighted by molar-refractivity contribution is 5.56. The van der Waals surface area contributed by atoms with E-state index in [0.29, 0.717) is 6.54 Å². The second-order valence-corrected chi connectivity index (χ2v) is 5.77. The van der Waals surface area contributed by atoms with Crippen LogP contribution in [-0.4, -0.2) is 33.3 Å². The molecule has 3 rings (SSSR count). The quantitative estimate of drug-likeness (QED) is 0.886. The van der Waals surface area contributed by atoms with Crippen molar-refractivity contribution in [2.45, 2.75) is 6.54 Å². The number of rotatable bonds is 5. The molecule has 2 N–H and O–H groups in total. The minimum Gasteiger partial charge on any atom is -0.497 e. The molecule has 1 aliphatic rings. The summed E-state index contributed by atoms with van der Waals surface area (Å²) in [4.78, 5) is 2.36. The van der Waals surface area contributed by atoms with Crippen LogP contribution in [0.15, 0.2) is 42.5 Å². The topological polar surface area (TPSA) is 60.3 Å². The average Bonchev–Trinajstić information content (AvgIpc) is 2.67. The first-order valence-electron chi connectivity index (χ1n) is 8.17. The van der Waals surface area contributed by atoms with Gasteiger partial charge < -0.3 is 20.3 Å². The van der Waals surface area contributed by atoms with Gasteiger partial charge in [0.25, 0.3) is 0 Å². The third-order valence-corrected chi connectivity index (χ3v) is 4.26. The Balaban J connectivity index is 1.73. The molecule has 0 bridgehead atoms. The SMILES string of the molecule is COc1ccc(NCc2cc(N3CCNCC3)ccc2C#N)cc1. The molecule has 0 radical (unpaired) electrons. The van der Waals surface area contributed by atoms with Gasteiger partial charge in [0.1, 0.15) is 5.75 Å². The van der Waals surface area contributed by atoms with Gasteiger partial charge in [-0.3, -0.25) is 0 Å². The van der Waals surface area contributed by atoms with Crippen molar-refractivity contribution < 1.29 is 4.74 Å². The van der Waals surface area contributed by atoms with E-state index in [1.165, 1.54) is 5.69 Å². The number of nitriles is 1. The summed E-state index contributed by atoms with van der Waals surface area (Å²) in [7, 11) is 1.66. The van der Waals surface area contributed by atoms with Crippen LogP contribution in [0.1, 0.15) is 11.1 Å². The standard InChI is InChI=1S/C19H22N4O/c1-24-19-6-3-17(4-7-19)22-14-16-12-18(5-2-15(16)13-20)23-10-8-21-9-11-23/h2-7,12,21-22H,8-11,14H2,1H3. The smallest absolute Gasteiger partial charge is 0.119 e. The molecule has 0 saturated carbocycles. The number of anilines is 2. The number of ether oxygens (including phenoxy) is 1. The molecule has 0 spiro atoms. The van der Waals surface area contributed by atoms with Crippen LogP contribution in [-0.2, 0) is 6.54 Å². The molecule has 24 heavy (non-hydrogen) atoms. The molecule has 2 aromatic rings. The molecule has 124 valence electrons. The van der Waals surface area contributed by atoms with Crippen molar-refractivity contribution in [3.63, 3.8) is 0 Å². The summed E-state index contributed by atoms with van der Waals surface area (Å²) in [6.07, 6.45) is 0. The molecule has 0 amide bonds. The monoisotopic (exact) mass is 322 g/mol. The van der Waals surface area contributed by atoms with Gasteiger partial charge >= 0.3 is 0 Å². The van der Waals surface area contributed by atoms with Gasteiger partial charge in [0.05, 0.1) is 18.7 Å². The Morgan fingerprint density at radius 3 is 2.58 bits per heavy atom. The van der Waals surface area contributed by atoms with Crippen molar-refractivity contribution in [3.05, 3.63) is 53.6 Å². The number of piperazine rings is 1. The maximum atomic E-state index is 9.37. The largest absolute Gasteiger partial charge is 0.497 e. The molecule has 0 aliphatic carbocycles. The molecular formula is C19H22N4O. The van der Waals surface area contributed by atoms with Gasteiger partial charge in [-0.25, -0.2) is 0 Å². The third-order valence-electron chi connectivity index (χ3n) is 4.26. The molecule has 0 aromatic heterocycles. The molecule has 5 heteroatoms. The first-order chi connectivity index (χ1) is 11.8. The van der Waals surface area contributed by atoms with Crippen LogP contribution >= 0.6 is 0 Å². The number of nitrogens with zero attached hydrogens (tertiary/aromatic N) is 2. The average molecular weight is 322 g/mol. The predicted molar refractivity (Wildman–Crippen MR) is 96.6 cm³/mol. The molecule has 2 aromatic carbocycles. The van der Waals surface area contributed by atoms with Crippen LogP contribution in [0.2, 0.25) is 0 Å². The van der Waals surface area contributed by atoms with Gasteiger partial charge in [-0.1, -0.05) is 0 Å².